The van der Waals surface area contributed by atoms with Gasteiger partial charge in [-0.1, -0.05) is 34.1 Å². The summed E-state index contributed by atoms with van der Waals surface area (Å²) in [4.78, 5) is 0. The fourth-order valence-electron chi connectivity index (χ4n) is 1.06. The van der Waals surface area contributed by atoms with Crippen molar-refractivity contribution in [3.63, 3.8) is 0 Å². The Kier molecular flexibility index (Phi) is 3.66. The molecule has 0 radical (unpaired) electrons. The molecule has 0 fully saturated rings. The van der Waals surface area contributed by atoms with Crippen LogP contribution in [-0.2, 0) is 0 Å². The summed E-state index contributed by atoms with van der Waals surface area (Å²) < 4.78 is 0.955. The average molecular weight is 242 g/mol. The fraction of sp³-hybridized carbons (Fsp3) is 0.200. The van der Waals surface area contributed by atoms with Crippen LogP contribution in [0.3, 0.4) is 0 Å². The van der Waals surface area contributed by atoms with Crippen LogP contribution < -0.4 is 5.73 Å². The Hall–Kier alpha value is -0.640. The molecule has 0 aliphatic carbocycles. The summed E-state index contributed by atoms with van der Waals surface area (Å²) in [6.45, 7) is 3.49. The zero-order valence-corrected chi connectivity index (χ0v) is 8.74. The molecule has 3 heteroatoms. The summed E-state index contributed by atoms with van der Waals surface area (Å²) in [6, 6.07) is 7.15. The number of hydrogen-bond donors (Lipinski definition) is 2. The second-order valence-corrected chi connectivity index (χ2v) is 3.72. The lowest BCUT2D eigenvalue weighted by Gasteiger charge is -2.15. The minimum absolute atomic E-state index is 0.407. The van der Waals surface area contributed by atoms with Crippen LogP contribution in [0.25, 0.3) is 0 Å². The first-order chi connectivity index (χ1) is 6.15. The van der Waals surface area contributed by atoms with Gasteiger partial charge in [0.2, 0.25) is 0 Å². The molecule has 0 aliphatic rings. The molecular weight excluding hydrogens is 230 g/mol. The molecule has 0 bridgehead atoms. The van der Waals surface area contributed by atoms with Crippen molar-refractivity contribution in [1.29, 1.82) is 0 Å². The van der Waals surface area contributed by atoms with Gasteiger partial charge in [0.25, 0.3) is 0 Å². The topological polar surface area (TPSA) is 46.2 Å². The standard InChI is InChI=1S/C10H12BrNO/c1-2-9(13)10(12)7-4-3-5-8(11)6-7/h2-6,9-10,13H,1,12H2. The highest BCUT2D eigenvalue weighted by atomic mass is 79.9. The third kappa shape index (κ3) is 2.66. The number of halogens is 1. The Labute approximate surface area is 86.2 Å². The van der Waals surface area contributed by atoms with Gasteiger partial charge in [-0.05, 0) is 17.7 Å². The van der Waals surface area contributed by atoms with Crippen molar-refractivity contribution < 1.29 is 5.11 Å². The maximum Gasteiger partial charge on any atom is 0.0910 e. The molecule has 0 spiro atoms. The van der Waals surface area contributed by atoms with Gasteiger partial charge in [-0.3, -0.25) is 0 Å². The van der Waals surface area contributed by atoms with E-state index in [1.165, 1.54) is 6.08 Å². The van der Waals surface area contributed by atoms with Crippen molar-refractivity contribution in [3.05, 3.63) is 47.0 Å². The van der Waals surface area contributed by atoms with Crippen LogP contribution in [0.5, 0.6) is 0 Å². The summed E-state index contributed by atoms with van der Waals surface area (Å²) in [5.74, 6) is 0. The first-order valence-electron chi connectivity index (χ1n) is 3.97. The highest BCUT2D eigenvalue weighted by Gasteiger charge is 2.12. The van der Waals surface area contributed by atoms with Crippen LogP contribution in [-0.4, -0.2) is 11.2 Å². The Balaban J connectivity index is 2.88. The molecule has 0 saturated heterocycles. The number of hydrogen-bond acceptors (Lipinski definition) is 2. The Morgan fingerprint density at radius 1 is 1.54 bits per heavy atom. The number of nitrogens with two attached hydrogens (primary N) is 1. The van der Waals surface area contributed by atoms with E-state index in [0.717, 1.165) is 10.0 Å². The van der Waals surface area contributed by atoms with E-state index < -0.39 is 12.1 Å². The Morgan fingerprint density at radius 2 is 2.23 bits per heavy atom. The lowest BCUT2D eigenvalue weighted by atomic mass is 10.0. The normalized spacial score (nSPS) is 15.0. The van der Waals surface area contributed by atoms with Crippen molar-refractivity contribution in [2.75, 3.05) is 0 Å². The van der Waals surface area contributed by atoms with E-state index in [1.54, 1.807) is 0 Å². The smallest absolute Gasteiger partial charge is 0.0910 e. The Morgan fingerprint density at radius 3 is 2.77 bits per heavy atom. The molecule has 2 atom stereocenters. The van der Waals surface area contributed by atoms with Gasteiger partial charge in [0.15, 0.2) is 0 Å². The predicted molar refractivity (Wildman–Crippen MR) is 57.3 cm³/mol. The Bertz CT molecular complexity index is 301. The summed E-state index contributed by atoms with van der Waals surface area (Å²) >= 11 is 3.34. The van der Waals surface area contributed by atoms with Crippen molar-refractivity contribution in [2.45, 2.75) is 12.1 Å². The highest BCUT2D eigenvalue weighted by molar-refractivity contribution is 9.10. The molecule has 1 rings (SSSR count). The van der Waals surface area contributed by atoms with Crippen molar-refractivity contribution >= 4 is 15.9 Å². The van der Waals surface area contributed by atoms with E-state index in [9.17, 15) is 5.11 Å². The number of aliphatic hydroxyl groups excluding tert-OH is 1. The summed E-state index contributed by atoms with van der Waals surface area (Å²) in [5.41, 5.74) is 6.67. The van der Waals surface area contributed by atoms with E-state index in [0.29, 0.717) is 0 Å². The van der Waals surface area contributed by atoms with Gasteiger partial charge in [-0.2, -0.15) is 0 Å². The maximum absolute atomic E-state index is 9.41. The zero-order chi connectivity index (χ0) is 9.84. The summed E-state index contributed by atoms with van der Waals surface area (Å²) in [7, 11) is 0. The van der Waals surface area contributed by atoms with Gasteiger partial charge in [0, 0.05) is 4.47 Å². The van der Waals surface area contributed by atoms with E-state index in [4.69, 9.17) is 5.73 Å². The zero-order valence-electron chi connectivity index (χ0n) is 7.15. The summed E-state index contributed by atoms with van der Waals surface area (Å²) in [5, 5.41) is 9.41. The van der Waals surface area contributed by atoms with Crippen LogP contribution in [0.2, 0.25) is 0 Å². The van der Waals surface area contributed by atoms with Crippen LogP contribution in [0.15, 0.2) is 41.4 Å². The second kappa shape index (κ2) is 4.56. The van der Waals surface area contributed by atoms with Gasteiger partial charge in [-0.25, -0.2) is 0 Å². The molecule has 3 N–H and O–H groups in total. The fourth-order valence-corrected chi connectivity index (χ4v) is 1.47. The summed E-state index contributed by atoms with van der Waals surface area (Å²) in [6.07, 6.45) is 0.736. The largest absolute Gasteiger partial charge is 0.387 e. The van der Waals surface area contributed by atoms with Gasteiger partial charge >= 0.3 is 0 Å². The molecule has 2 nitrogen and oxygen atoms in total. The van der Waals surface area contributed by atoms with Gasteiger partial charge in [0.05, 0.1) is 12.1 Å². The molecule has 1 aromatic rings. The van der Waals surface area contributed by atoms with Gasteiger partial charge in [-0.15, -0.1) is 6.58 Å². The first kappa shape index (κ1) is 10.4. The monoisotopic (exact) mass is 241 g/mol. The molecular formula is C10H12BrNO. The quantitative estimate of drug-likeness (QED) is 0.796. The lowest BCUT2D eigenvalue weighted by Crippen LogP contribution is -2.23. The van der Waals surface area contributed by atoms with E-state index in [-0.39, 0.29) is 0 Å². The maximum atomic E-state index is 9.41. The van der Waals surface area contributed by atoms with Gasteiger partial charge in [0.1, 0.15) is 0 Å². The molecule has 0 aliphatic heterocycles. The molecule has 0 amide bonds. The molecule has 0 aromatic heterocycles. The number of aliphatic hydroxyl groups is 1. The predicted octanol–water partition coefficient (Wildman–Crippen LogP) is 2.00. The van der Waals surface area contributed by atoms with Crippen LogP contribution in [0, 0.1) is 0 Å². The average Bonchev–Trinajstić information content (AvgIpc) is 2.15. The van der Waals surface area contributed by atoms with E-state index in [2.05, 4.69) is 22.5 Å². The van der Waals surface area contributed by atoms with Crippen LogP contribution in [0.4, 0.5) is 0 Å². The van der Waals surface area contributed by atoms with E-state index in [1.807, 2.05) is 24.3 Å². The van der Waals surface area contributed by atoms with Crippen molar-refractivity contribution in [1.82, 2.24) is 0 Å². The van der Waals surface area contributed by atoms with E-state index >= 15 is 0 Å². The van der Waals surface area contributed by atoms with Crippen LogP contribution >= 0.6 is 15.9 Å². The third-order valence-corrected chi connectivity index (χ3v) is 2.34. The number of rotatable bonds is 3. The van der Waals surface area contributed by atoms with Gasteiger partial charge < -0.3 is 10.8 Å². The second-order valence-electron chi connectivity index (χ2n) is 2.81. The minimum atomic E-state index is -0.700. The van der Waals surface area contributed by atoms with Crippen molar-refractivity contribution in [3.8, 4) is 0 Å². The number of benzene rings is 1. The molecule has 2 unspecified atom stereocenters. The molecule has 13 heavy (non-hydrogen) atoms. The van der Waals surface area contributed by atoms with Crippen LogP contribution in [0.1, 0.15) is 11.6 Å². The minimum Gasteiger partial charge on any atom is -0.387 e. The lowest BCUT2D eigenvalue weighted by molar-refractivity contribution is 0.192. The highest BCUT2D eigenvalue weighted by Crippen LogP contribution is 2.19. The third-order valence-electron chi connectivity index (χ3n) is 1.84. The molecule has 70 valence electrons. The SMILES string of the molecule is C=CC(O)C(N)c1cccc(Br)c1. The molecule has 1 aromatic carbocycles. The first-order valence-corrected chi connectivity index (χ1v) is 4.76. The molecule has 0 heterocycles. The molecule has 0 saturated carbocycles. The van der Waals surface area contributed by atoms with Crippen molar-refractivity contribution in [2.24, 2.45) is 5.73 Å².